The molecule has 0 amide bonds. The standard InChI is InChI=1S/C16H15F3N4OS/c17-16(18,19)15-22-21-13-14(25-8-10-1-2-10)20-11-4-3-9(5-6-24)7-12(11)23(13)15/h3-4,7,10,24H,1-2,5-6,8H2. The molecule has 0 unspecified atom stereocenters. The Bertz CT molecular complexity index is 936. The van der Waals surface area contributed by atoms with Crippen molar-refractivity contribution in [1.82, 2.24) is 19.6 Å². The van der Waals surface area contributed by atoms with Gasteiger partial charge in [0.2, 0.25) is 5.82 Å². The number of aliphatic hydroxyl groups is 1. The van der Waals surface area contributed by atoms with Crippen LogP contribution in [0.5, 0.6) is 0 Å². The van der Waals surface area contributed by atoms with E-state index >= 15 is 0 Å². The van der Waals surface area contributed by atoms with Crippen molar-refractivity contribution in [2.45, 2.75) is 30.5 Å². The zero-order chi connectivity index (χ0) is 17.6. The van der Waals surface area contributed by atoms with Crippen LogP contribution >= 0.6 is 11.8 Å². The molecule has 4 rings (SSSR count). The predicted molar refractivity (Wildman–Crippen MR) is 87.5 cm³/mol. The van der Waals surface area contributed by atoms with Gasteiger partial charge in [0.05, 0.1) is 11.0 Å². The Hall–Kier alpha value is -1.87. The number of halogens is 3. The molecular weight excluding hydrogens is 353 g/mol. The Balaban J connectivity index is 1.94. The van der Waals surface area contributed by atoms with Gasteiger partial charge in [-0.3, -0.25) is 4.40 Å². The first-order valence-corrected chi connectivity index (χ1v) is 8.94. The summed E-state index contributed by atoms with van der Waals surface area (Å²) in [6.45, 7) is -0.0777. The summed E-state index contributed by atoms with van der Waals surface area (Å²) in [7, 11) is 0. The average Bonchev–Trinajstić information content (AvgIpc) is 3.27. The molecule has 1 aliphatic carbocycles. The lowest BCUT2D eigenvalue weighted by atomic mass is 10.1. The van der Waals surface area contributed by atoms with E-state index in [0.717, 1.165) is 28.6 Å². The summed E-state index contributed by atoms with van der Waals surface area (Å²) in [6, 6.07) is 5.06. The summed E-state index contributed by atoms with van der Waals surface area (Å²) in [5, 5.41) is 16.7. The van der Waals surface area contributed by atoms with E-state index in [1.54, 1.807) is 18.2 Å². The van der Waals surface area contributed by atoms with Crippen LogP contribution in [-0.2, 0) is 12.6 Å². The van der Waals surface area contributed by atoms with Gasteiger partial charge in [-0.2, -0.15) is 13.2 Å². The molecule has 0 radical (unpaired) electrons. The van der Waals surface area contributed by atoms with Crippen LogP contribution in [0.1, 0.15) is 24.2 Å². The number of aromatic nitrogens is 4. The van der Waals surface area contributed by atoms with E-state index in [4.69, 9.17) is 5.11 Å². The molecule has 0 spiro atoms. The molecule has 0 bridgehead atoms. The van der Waals surface area contributed by atoms with Crippen molar-refractivity contribution in [3.05, 3.63) is 29.6 Å². The highest BCUT2D eigenvalue weighted by molar-refractivity contribution is 7.99. The number of rotatable bonds is 5. The number of thioether (sulfide) groups is 1. The highest BCUT2D eigenvalue weighted by Gasteiger charge is 2.38. The van der Waals surface area contributed by atoms with Crippen molar-refractivity contribution in [3.63, 3.8) is 0 Å². The fraction of sp³-hybridized carbons (Fsp3) is 0.438. The molecular formula is C16H15F3N4OS. The van der Waals surface area contributed by atoms with Gasteiger partial charge < -0.3 is 5.11 Å². The van der Waals surface area contributed by atoms with Gasteiger partial charge in [-0.25, -0.2) is 4.98 Å². The fourth-order valence-electron chi connectivity index (χ4n) is 2.70. The topological polar surface area (TPSA) is 63.3 Å². The molecule has 0 saturated heterocycles. The van der Waals surface area contributed by atoms with E-state index in [1.807, 2.05) is 0 Å². The second-order valence-corrected chi connectivity index (χ2v) is 7.16. The minimum absolute atomic E-state index is 0.0777. The van der Waals surface area contributed by atoms with Crippen molar-refractivity contribution in [2.75, 3.05) is 12.4 Å². The van der Waals surface area contributed by atoms with E-state index in [9.17, 15) is 13.2 Å². The van der Waals surface area contributed by atoms with E-state index in [-0.39, 0.29) is 12.3 Å². The quantitative estimate of drug-likeness (QED) is 0.700. The fourth-order valence-corrected chi connectivity index (χ4v) is 3.85. The van der Waals surface area contributed by atoms with Gasteiger partial charge in [-0.15, -0.1) is 22.0 Å². The van der Waals surface area contributed by atoms with Crippen LogP contribution < -0.4 is 0 Å². The number of fused-ring (bicyclic) bond motifs is 3. The summed E-state index contributed by atoms with van der Waals surface area (Å²) in [4.78, 5) is 4.51. The van der Waals surface area contributed by atoms with Gasteiger partial charge in [0.15, 0.2) is 5.65 Å². The predicted octanol–water partition coefficient (Wildman–Crippen LogP) is 3.33. The molecule has 1 saturated carbocycles. The van der Waals surface area contributed by atoms with Crippen molar-refractivity contribution in [2.24, 2.45) is 5.92 Å². The summed E-state index contributed by atoms with van der Waals surface area (Å²) < 4.78 is 41.2. The van der Waals surface area contributed by atoms with Gasteiger partial charge in [0.1, 0.15) is 5.03 Å². The molecule has 3 aromatic rings. The molecule has 0 atom stereocenters. The summed E-state index contributed by atoms with van der Waals surface area (Å²) in [5.41, 5.74) is 1.62. The third kappa shape index (κ3) is 3.18. The smallest absolute Gasteiger partial charge is 0.396 e. The van der Waals surface area contributed by atoms with E-state index in [2.05, 4.69) is 15.2 Å². The maximum absolute atomic E-state index is 13.4. The number of benzene rings is 1. The Morgan fingerprint density at radius 2 is 2.04 bits per heavy atom. The zero-order valence-corrected chi connectivity index (χ0v) is 13.9. The van der Waals surface area contributed by atoms with Crippen molar-refractivity contribution in [1.29, 1.82) is 0 Å². The van der Waals surface area contributed by atoms with Crippen LogP contribution in [0, 0.1) is 5.92 Å². The Morgan fingerprint density at radius 3 is 2.72 bits per heavy atom. The van der Waals surface area contributed by atoms with Crippen molar-refractivity contribution in [3.8, 4) is 0 Å². The average molecular weight is 368 g/mol. The zero-order valence-electron chi connectivity index (χ0n) is 13.1. The van der Waals surface area contributed by atoms with Gasteiger partial charge in [-0.05, 0) is 42.9 Å². The third-order valence-corrected chi connectivity index (χ3v) is 5.35. The first kappa shape index (κ1) is 16.6. The molecule has 1 aromatic carbocycles. The number of nitrogens with zero attached hydrogens (tertiary/aromatic N) is 4. The Morgan fingerprint density at radius 1 is 1.24 bits per heavy atom. The summed E-state index contributed by atoms with van der Waals surface area (Å²) >= 11 is 1.43. The number of hydrogen-bond donors (Lipinski definition) is 1. The Kier molecular flexibility index (Phi) is 4.07. The lowest BCUT2D eigenvalue weighted by Crippen LogP contribution is -2.12. The molecule has 5 nitrogen and oxygen atoms in total. The van der Waals surface area contributed by atoms with Crippen molar-refractivity contribution >= 4 is 28.4 Å². The normalized spacial score (nSPS) is 15.4. The second kappa shape index (κ2) is 6.14. The highest BCUT2D eigenvalue weighted by atomic mass is 32.2. The van der Waals surface area contributed by atoms with E-state index in [0.29, 0.717) is 28.4 Å². The van der Waals surface area contributed by atoms with Crippen LogP contribution in [0.15, 0.2) is 23.2 Å². The lowest BCUT2D eigenvalue weighted by Gasteiger charge is -2.11. The molecule has 1 N–H and O–H groups in total. The maximum Gasteiger partial charge on any atom is 0.452 e. The molecule has 9 heteroatoms. The minimum Gasteiger partial charge on any atom is -0.396 e. The van der Waals surface area contributed by atoms with Crippen LogP contribution in [0.25, 0.3) is 16.7 Å². The number of aliphatic hydroxyl groups excluding tert-OH is 1. The SMILES string of the molecule is OCCc1ccc2nc(SCC3CC3)c3nnc(C(F)(F)F)n3c2c1. The minimum atomic E-state index is -4.61. The van der Waals surface area contributed by atoms with Crippen molar-refractivity contribution < 1.29 is 18.3 Å². The van der Waals surface area contributed by atoms with Gasteiger partial charge in [-0.1, -0.05) is 6.07 Å². The lowest BCUT2D eigenvalue weighted by molar-refractivity contribution is -0.145. The Labute approximate surface area is 145 Å². The highest BCUT2D eigenvalue weighted by Crippen LogP contribution is 2.37. The summed E-state index contributed by atoms with van der Waals surface area (Å²) in [6.07, 6.45) is -1.94. The van der Waals surface area contributed by atoms with Crippen LogP contribution in [0.3, 0.4) is 0 Å². The number of alkyl halides is 3. The van der Waals surface area contributed by atoms with E-state index < -0.39 is 12.0 Å². The van der Waals surface area contributed by atoms with Crippen LogP contribution in [0.4, 0.5) is 13.2 Å². The molecule has 1 fully saturated rings. The second-order valence-electron chi connectivity index (χ2n) is 6.15. The molecule has 25 heavy (non-hydrogen) atoms. The first-order chi connectivity index (χ1) is 12.0. The molecule has 2 aromatic heterocycles. The molecule has 132 valence electrons. The van der Waals surface area contributed by atoms with Gasteiger partial charge in [0, 0.05) is 12.4 Å². The largest absolute Gasteiger partial charge is 0.452 e. The first-order valence-electron chi connectivity index (χ1n) is 7.96. The van der Waals surface area contributed by atoms with Gasteiger partial charge >= 0.3 is 6.18 Å². The molecule has 0 aliphatic heterocycles. The van der Waals surface area contributed by atoms with Crippen LogP contribution in [-0.4, -0.2) is 37.0 Å². The van der Waals surface area contributed by atoms with E-state index in [1.165, 1.54) is 11.8 Å². The maximum atomic E-state index is 13.4. The van der Waals surface area contributed by atoms with Crippen LogP contribution in [0.2, 0.25) is 0 Å². The number of hydrogen-bond acceptors (Lipinski definition) is 5. The summed E-state index contributed by atoms with van der Waals surface area (Å²) in [5.74, 6) is 0.383. The third-order valence-electron chi connectivity index (χ3n) is 4.16. The molecule has 1 aliphatic rings. The molecule has 2 heterocycles. The van der Waals surface area contributed by atoms with Gasteiger partial charge in [0.25, 0.3) is 0 Å². The monoisotopic (exact) mass is 368 g/mol.